The molecule has 1 fully saturated rings. The molecule has 0 aromatic heterocycles. The van der Waals surface area contributed by atoms with E-state index in [1.165, 1.54) is 0 Å². The van der Waals surface area contributed by atoms with Crippen molar-refractivity contribution in [2.24, 2.45) is 5.92 Å². The van der Waals surface area contributed by atoms with E-state index in [0.29, 0.717) is 6.42 Å². The Labute approximate surface area is 102 Å². The molecule has 0 saturated heterocycles. The summed E-state index contributed by atoms with van der Waals surface area (Å²) in [5.74, 6) is -1.86. The molecule has 0 radical (unpaired) electrons. The normalized spacial score (nSPS) is 30.5. The van der Waals surface area contributed by atoms with Gasteiger partial charge in [-0.2, -0.15) is 26.3 Å². The van der Waals surface area contributed by atoms with Crippen LogP contribution in [0.2, 0.25) is 0 Å². The van der Waals surface area contributed by atoms with Gasteiger partial charge in [0.1, 0.15) is 5.54 Å². The Hall–Kier alpha value is -0.460. The first-order valence-corrected chi connectivity index (χ1v) is 6.01. The number of hydrogen-bond donors (Lipinski definition) is 1. The fourth-order valence-electron chi connectivity index (χ4n) is 2.44. The van der Waals surface area contributed by atoms with Gasteiger partial charge in [-0.3, -0.25) is 0 Å². The maximum absolute atomic E-state index is 13.1. The zero-order valence-electron chi connectivity index (χ0n) is 10.1. The summed E-state index contributed by atoms with van der Waals surface area (Å²) in [6.45, 7) is 1.76. The van der Waals surface area contributed by atoms with E-state index in [9.17, 15) is 26.3 Å². The smallest absolute Gasteiger partial charge is 0.304 e. The van der Waals surface area contributed by atoms with Crippen LogP contribution in [0.4, 0.5) is 26.3 Å². The van der Waals surface area contributed by atoms with Gasteiger partial charge < -0.3 is 5.32 Å². The fourth-order valence-corrected chi connectivity index (χ4v) is 2.44. The molecule has 0 bridgehead atoms. The lowest BCUT2D eigenvalue weighted by molar-refractivity contribution is -0.238. The van der Waals surface area contributed by atoms with Gasteiger partial charge in [0.05, 0.1) is 5.92 Å². The summed E-state index contributed by atoms with van der Waals surface area (Å²) in [5, 5.41) is 2.30. The first-order chi connectivity index (χ1) is 8.12. The number of nitrogens with one attached hydrogen (secondary N) is 1. The van der Waals surface area contributed by atoms with Gasteiger partial charge in [0.2, 0.25) is 0 Å². The van der Waals surface area contributed by atoms with Crippen LogP contribution in [0, 0.1) is 5.92 Å². The van der Waals surface area contributed by atoms with Crippen molar-refractivity contribution in [1.29, 1.82) is 0 Å². The molecule has 2 atom stereocenters. The molecule has 0 heterocycles. The third-order valence-electron chi connectivity index (χ3n) is 3.47. The summed E-state index contributed by atoms with van der Waals surface area (Å²) in [6.07, 6.45) is -10.2. The predicted octanol–water partition coefficient (Wildman–Crippen LogP) is 4.04. The summed E-state index contributed by atoms with van der Waals surface area (Å²) in [5.41, 5.74) is -2.37. The molecule has 1 rings (SSSR count). The van der Waals surface area contributed by atoms with Gasteiger partial charge in [-0.05, 0) is 32.2 Å². The second-order valence-corrected chi connectivity index (χ2v) is 4.84. The molecule has 1 aliphatic carbocycles. The van der Waals surface area contributed by atoms with Crippen LogP contribution >= 0.6 is 0 Å². The largest absolute Gasteiger partial charge is 0.406 e. The van der Waals surface area contributed by atoms with Crippen LogP contribution in [0.5, 0.6) is 0 Å². The highest BCUT2D eigenvalue weighted by Gasteiger charge is 2.59. The van der Waals surface area contributed by atoms with Crippen LogP contribution in [0.3, 0.4) is 0 Å². The maximum Gasteiger partial charge on any atom is 0.406 e. The van der Waals surface area contributed by atoms with Crippen molar-refractivity contribution in [1.82, 2.24) is 5.32 Å². The molecule has 7 heteroatoms. The monoisotopic (exact) mass is 277 g/mol. The zero-order chi connectivity index (χ0) is 14.0. The molecule has 0 spiro atoms. The second kappa shape index (κ2) is 5.27. The van der Waals surface area contributed by atoms with E-state index < -0.39 is 30.2 Å². The standard InChI is InChI=1S/C11H17F6N/c1-2-6-18-9(11(15,16)17)5-3-4-8(7-9)10(12,13)14/h8,18H,2-7H2,1H3. The minimum atomic E-state index is -4.65. The quantitative estimate of drug-likeness (QED) is 0.768. The lowest BCUT2D eigenvalue weighted by atomic mass is 9.74. The molecule has 0 aromatic carbocycles. The van der Waals surface area contributed by atoms with Gasteiger partial charge in [-0.25, -0.2) is 0 Å². The summed E-state index contributed by atoms with van der Waals surface area (Å²) in [6, 6.07) is 0. The van der Waals surface area contributed by atoms with Crippen molar-refractivity contribution in [3.05, 3.63) is 0 Å². The molecule has 18 heavy (non-hydrogen) atoms. The van der Waals surface area contributed by atoms with Crippen molar-refractivity contribution in [2.75, 3.05) is 6.54 Å². The van der Waals surface area contributed by atoms with Crippen LogP contribution in [-0.4, -0.2) is 24.4 Å². The van der Waals surface area contributed by atoms with E-state index in [0.717, 1.165) is 0 Å². The molecular weight excluding hydrogens is 260 g/mol. The molecule has 1 nitrogen and oxygen atoms in total. The van der Waals surface area contributed by atoms with Crippen LogP contribution in [-0.2, 0) is 0 Å². The molecule has 1 saturated carbocycles. The van der Waals surface area contributed by atoms with E-state index >= 15 is 0 Å². The van der Waals surface area contributed by atoms with Crippen LogP contribution in [0.25, 0.3) is 0 Å². The Morgan fingerprint density at radius 3 is 2.22 bits per heavy atom. The molecule has 0 aliphatic heterocycles. The van der Waals surface area contributed by atoms with Crippen molar-refractivity contribution < 1.29 is 26.3 Å². The topological polar surface area (TPSA) is 12.0 Å². The van der Waals surface area contributed by atoms with Crippen molar-refractivity contribution >= 4 is 0 Å². The van der Waals surface area contributed by atoms with Crippen molar-refractivity contribution in [2.45, 2.75) is 56.9 Å². The average molecular weight is 277 g/mol. The Balaban J connectivity index is 2.90. The lowest BCUT2D eigenvalue weighted by Crippen LogP contribution is -2.60. The highest BCUT2D eigenvalue weighted by atomic mass is 19.4. The highest BCUT2D eigenvalue weighted by Crippen LogP contribution is 2.48. The van der Waals surface area contributed by atoms with Gasteiger partial charge in [-0.1, -0.05) is 13.3 Å². The molecule has 0 aromatic rings. The fraction of sp³-hybridized carbons (Fsp3) is 1.00. The number of halogens is 6. The van der Waals surface area contributed by atoms with E-state index in [4.69, 9.17) is 0 Å². The Kier molecular flexibility index (Phi) is 4.56. The lowest BCUT2D eigenvalue weighted by Gasteiger charge is -2.43. The van der Waals surface area contributed by atoms with E-state index in [1.807, 2.05) is 0 Å². The summed E-state index contributed by atoms with van der Waals surface area (Å²) in [7, 11) is 0. The van der Waals surface area contributed by atoms with Crippen LogP contribution < -0.4 is 5.32 Å². The van der Waals surface area contributed by atoms with Gasteiger partial charge in [0, 0.05) is 0 Å². The number of alkyl halides is 6. The summed E-state index contributed by atoms with van der Waals surface area (Å²) in [4.78, 5) is 0. The molecule has 1 N–H and O–H groups in total. The minimum Gasteiger partial charge on any atom is -0.304 e. The van der Waals surface area contributed by atoms with Crippen molar-refractivity contribution in [3.8, 4) is 0 Å². The SMILES string of the molecule is CCCNC1(C(F)(F)F)CCCC(C(F)(F)F)C1. The third kappa shape index (κ3) is 3.30. The maximum atomic E-state index is 13.1. The van der Waals surface area contributed by atoms with Gasteiger partial charge in [-0.15, -0.1) is 0 Å². The van der Waals surface area contributed by atoms with E-state index in [-0.39, 0.29) is 25.8 Å². The minimum absolute atomic E-state index is 0.0552. The van der Waals surface area contributed by atoms with Gasteiger partial charge in [0.25, 0.3) is 0 Å². The Morgan fingerprint density at radius 2 is 1.78 bits per heavy atom. The average Bonchev–Trinajstić information content (AvgIpc) is 2.24. The van der Waals surface area contributed by atoms with E-state index in [2.05, 4.69) is 5.32 Å². The molecule has 0 amide bonds. The van der Waals surface area contributed by atoms with Crippen molar-refractivity contribution in [3.63, 3.8) is 0 Å². The first kappa shape index (κ1) is 15.6. The van der Waals surface area contributed by atoms with E-state index in [1.54, 1.807) is 6.92 Å². The number of hydrogen-bond acceptors (Lipinski definition) is 1. The van der Waals surface area contributed by atoms with Gasteiger partial charge in [0.15, 0.2) is 0 Å². The molecule has 1 aliphatic rings. The summed E-state index contributed by atoms with van der Waals surface area (Å²) >= 11 is 0. The molecule has 108 valence electrons. The van der Waals surface area contributed by atoms with Gasteiger partial charge >= 0.3 is 12.4 Å². The van der Waals surface area contributed by atoms with Crippen LogP contribution in [0.15, 0.2) is 0 Å². The summed E-state index contributed by atoms with van der Waals surface area (Å²) < 4.78 is 77.0. The highest BCUT2D eigenvalue weighted by molar-refractivity contribution is 5.00. The first-order valence-electron chi connectivity index (χ1n) is 6.01. The zero-order valence-corrected chi connectivity index (χ0v) is 10.1. The molecule has 2 unspecified atom stereocenters. The number of rotatable bonds is 3. The Morgan fingerprint density at radius 1 is 1.17 bits per heavy atom. The molecular formula is C11H17F6N. The second-order valence-electron chi connectivity index (χ2n) is 4.84. The van der Waals surface area contributed by atoms with Crippen LogP contribution in [0.1, 0.15) is 39.0 Å². The Bertz CT molecular complexity index is 272. The third-order valence-corrected chi connectivity index (χ3v) is 3.47. The predicted molar refractivity (Wildman–Crippen MR) is 55.1 cm³/mol.